The van der Waals surface area contributed by atoms with Crippen molar-refractivity contribution in [1.29, 1.82) is 0 Å². The van der Waals surface area contributed by atoms with Crippen LogP contribution in [-0.2, 0) is 11.3 Å². The summed E-state index contributed by atoms with van der Waals surface area (Å²) in [4.78, 5) is 4.26. The van der Waals surface area contributed by atoms with Gasteiger partial charge in [-0.15, -0.1) is 0 Å². The number of nitrogens with zero attached hydrogens (tertiary/aromatic N) is 1. The Morgan fingerprint density at radius 3 is 2.75 bits per heavy atom. The van der Waals surface area contributed by atoms with Gasteiger partial charge in [-0.25, -0.2) is 0 Å². The first-order chi connectivity index (χ1) is 7.88. The lowest BCUT2D eigenvalue weighted by Gasteiger charge is -2.28. The number of aromatic nitrogens is 1. The summed E-state index contributed by atoms with van der Waals surface area (Å²) >= 11 is 0. The van der Waals surface area contributed by atoms with E-state index in [0.29, 0.717) is 18.8 Å². The molecule has 1 aromatic rings. The van der Waals surface area contributed by atoms with Crippen molar-refractivity contribution in [3.8, 4) is 0 Å². The van der Waals surface area contributed by atoms with Crippen molar-refractivity contribution < 1.29 is 4.74 Å². The van der Waals surface area contributed by atoms with E-state index in [-0.39, 0.29) is 0 Å². The van der Waals surface area contributed by atoms with E-state index in [1.807, 2.05) is 31.4 Å². The Kier molecular flexibility index (Phi) is 4.31. The van der Waals surface area contributed by atoms with Crippen LogP contribution in [0.25, 0.3) is 0 Å². The van der Waals surface area contributed by atoms with E-state index in [1.54, 1.807) is 0 Å². The molecule has 0 unspecified atom stereocenters. The first kappa shape index (κ1) is 11.6. The smallest absolute Gasteiger partial charge is 0.0891 e. The molecule has 1 aromatic heterocycles. The molecule has 1 N–H and O–H groups in total. The fourth-order valence-corrected chi connectivity index (χ4v) is 2.20. The Morgan fingerprint density at radius 1 is 1.31 bits per heavy atom. The summed E-state index contributed by atoms with van der Waals surface area (Å²) in [5.74, 6) is 0. The van der Waals surface area contributed by atoms with Gasteiger partial charge in [-0.2, -0.15) is 0 Å². The predicted molar refractivity (Wildman–Crippen MR) is 64.1 cm³/mol. The molecule has 0 atom stereocenters. The summed E-state index contributed by atoms with van der Waals surface area (Å²) in [6.07, 6.45) is 7.02. The molecular formula is C13H20N2O. The third-order valence-electron chi connectivity index (χ3n) is 3.28. The van der Waals surface area contributed by atoms with Crippen LogP contribution < -0.4 is 5.32 Å². The lowest BCUT2D eigenvalue weighted by Crippen LogP contribution is -2.32. The van der Waals surface area contributed by atoms with Gasteiger partial charge in [0.05, 0.1) is 18.4 Å². The van der Waals surface area contributed by atoms with E-state index in [2.05, 4.69) is 10.3 Å². The first-order valence-corrected chi connectivity index (χ1v) is 6.07. The zero-order valence-corrected chi connectivity index (χ0v) is 9.86. The highest BCUT2D eigenvalue weighted by atomic mass is 16.5. The average molecular weight is 220 g/mol. The van der Waals surface area contributed by atoms with E-state index in [0.717, 1.165) is 5.69 Å². The maximum atomic E-state index is 5.87. The fourth-order valence-electron chi connectivity index (χ4n) is 2.20. The van der Waals surface area contributed by atoms with Crippen molar-refractivity contribution in [2.75, 3.05) is 7.05 Å². The van der Waals surface area contributed by atoms with Gasteiger partial charge in [0.2, 0.25) is 0 Å². The molecule has 16 heavy (non-hydrogen) atoms. The summed E-state index contributed by atoms with van der Waals surface area (Å²) in [5, 5.41) is 3.33. The van der Waals surface area contributed by atoms with Crippen LogP contribution in [-0.4, -0.2) is 24.2 Å². The largest absolute Gasteiger partial charge is 0.372 e. The Balaban J connectivity index is 1.72. The third-order valence-corrected chi connectivity index (χ3v) is 3.28. The normalized spacial score (nSPS) is 25.6. The molecule has 1 aliphatic carbocycles. The molecule has 1 saturated carbocycles. The number of ether oxygens (including phenoxy) is 1. The Bertz CT molecular complexity index is 294. The molecule has 88 valence electrons. The molecule has 1 fully saturated rings. The van der Waals surface area contributed by atoms with Gasteiger partial charge in [0, 0.05) is 12.2 Å². The second-order valence-corrected chi connectivity index (χ2v) is 4.39. The van der Waals surface area contributed by atoms with Crippen LogP contribution in [0.5, 0.6) is 0 Å². The monoisotopic (exact) mass is 220 g/mol. The molecule has 2 rings (SSSR count). The van der Waals surface area contributed by atoms with Crippen LogP contribution in [0.2, 0.25) is 0 Å². The van der Waals surface area contributed by atoms with Crippen LogP contribution in [0.4, 0.5) is 0 Å². The van der Waals surface area contributed by atoms with E-state index in [1.165, 1.54) is 25.7 Å². The molecule has 3 nitrogen and oxygen atoms in total. The van der Waals surface area contributed by atoms with Gasteiger partial charge in [0.1, 0.15) is 0 Å². The SMILES string of the molecule is CNC1CCC(OCc2ccccn2)CC1. The van der Waals surface area contributed by atoms with Crippen LogP contribution in [0.15, 0.2) is 24.4 Å². The minimum absolute atomic E-state index is 0.423. The quantitative estimate of drug-likeness (QED) is 0.844. The van der Waals surface area contributed by atoms with Gasteiger partial charge >= 0.3 is 0 Å². The van der Waals surface area contributed by atoms with Gasteiger partial charge in [0.25, 0.3) is 0 Å². The van der Waals surface area contributed by atoms with Crippen molar-refractivity contribution >= 4 is 0 Å². The van der Waals surface area contributed by atoms with E-state index in [4.69, 9.17) is 4.74 Å². The standard InChI is InChI=1S/C13H20N2O/c1-14-11-5-7-13(8-6-11)16-10-12-4-2-3-9-15-12/h2-4,9,11,13-14H,5-8,10H2,1H3. The zero-order chi connectivity index (χ0) is 11.2. The van der Waals surface area contributed by atoms with Crippen LogP contribution in [0.1, 0.15) is 31.4 Å². The lowest BCUT2D eigenvalue weighted by molar-refractivity contribution is 0.0103. The molecule has 0 aromatic carbocycles. The number of pyridine rings is 1. The van der Waals surface area contributed by atoms with E-state index in [9.17, 15) is 0 Å². The molecule has 0 saturated heterocycles. The number of hydrogen-bond donors (Lipinski definition) is 1. The third kappa shape index (κ3) is 3.29. The van der Waals surface area contributed by atoms with Crippen molar-refractivity contribution in [2.24, 2.45) is 0 Å². The highest BCUT2D eigenvalue weighted by Crippen LogP contribution is 2.21. The number of rotatable bonds is 4. The number of nitrogens with one attached hydrogen (secondary N) is 1. The Morgan fingerprint density at radius 2 is 2.12 bits per heavy atom. The van der Waals surface area contributed by atoms with Crippen molar-refractivity contribution in [2.45, 2.75) is 44.4 Å². The highest BCUT2D eigenvalue weighted by Gasteiger charge is 2.20. The first-order valence-electron chi connectivity index (χ1n) is 6.07. The Labute approximate surface area is 97.2 Å². The molecule has 3 heteroatoms. The summed E-state index contributed by atoms with van der Waals surface area (Å²) < 4.78 is 5.87. The van der Waals surface area contributed by atoms with Crippen molar-refractivity contribution in [1.82, 2.24) is 10.3 Å². The topological polar surface area (TPSA) is 34.1 Å². The second-order valence-electron chi connectivity index (χ2n) is 4.39. The molecule has 0 aliphatic heterocycles. The van der Waals surface area contributed by atoms with Gasteiger partial charge in [-0.1, -0.05) is 6.07 Å². The van der Waals surface area contributed by atoms with Gasteiger partial charge < -0.3 is 10.1 Å². The van der Waals surface area contributed by atoms with Gasteiger partial charge in [-0.05, 0) is 44.9 Å². The molecule has 0 bridgehead atoms. The summed E-state index contributed by atoms with van der Waals surface area (Å²) in [5.41, 5.74) is 1.03. The summed E-state index contributed by atoms with van der Waals surface area (Å²) in [6, 6.07) is 6.64. The predicted octanol–water partition coefficient (Wildman–Crippen LogP) is 2.13. The molecule has 0 spiro atoms. The van der Waals surface area contributed by atoms with Crippen LogP contribution in [0.3, 0.4) is 0 Å². The van der Waals surface area contributed by atoms with Gasteiger partial charge in [-0.3, -0.25) is 4.98 Å². The Hall–Kier alpha value is -0.930. The maximum Gasteiger partial charge on any atom is 0.0891 e. The molecule has 0 radical (unpaired) electrons. The minimum atomic E-state index is 0.423. The van der Waals surface area contributed by atoms with Crippen LogP contribution in [0, 0.1) is 0 Å². The second kappa shape index (κ2) is 5.97. The lowest BCUT2D eigenvalue weighted by atomic mass is 9.93. The van der Waals surface area contributed by atoms with Crippen molar-refractivity contribution in [3.05, 3.63) is 30.1 Å². The molecular weight excluding hydrogens is 200 g/mol. The van der Waals surface area contributed by atoms with Gasteiger partial charge in [0.15, 0.2) is 0 Å². The molecule has 0 amide bonds. The number of hydrogen-bond acceptors (Lipinski definition) is 3. The molecule has 1 heterocycles. The molecule has 1 aliphatic rings. The minimum Gasteiger partial charge on any atom is -0.372 e. The fraction of sp³-hybridized carbons (Fsp3) is 0.615. The van der Waals surface area contributed by atoms with Crippen LogP contribution >= 0.6 is 0 Å². The zero-order valence-electron chi connectivity index (χ0n) is 9.86. The van der Waals surface area contributed by atoms with E-state index >= 15 is 0 Å². The average Bonchev–Trinajstić information content (AvgIpc) is 2.38. The van der Waals surface area contributed by atoms with Crippen molar-refractivity contribution in [3.63, 3.8) is 0 Å². The highest BCUT2D eigenvalue weighted by molar-refractivity contribution is 5.01. The maximum absolute atomic E-state index is 5.87. The summed E-state index contributed by atoms with van der Waals surface area (Å²) in [7, 11) is 2.04. The van der Waals surface area contributed by atoms with E-state index < -0.39 is 0 Å². The summed E-state index contributed by atoms with van der Waals surface area (Å²) in [6.45, 7) is 0.649.